The number of unbranched alkanes of at least 4 members (excludes halogenated alkanes) is 3. The Morgan fingerprint density at radius 1 is 1.17 bits per heavy atom. The van der Waals surface area contributed by atoms with Gasteiger partial charge in [0.05, 0.1) is 0 Å². The molecule has 4 rings (SSSR count). The van der Waals surface area contributed by atoms with E-state index in [9.17, 15) is 0 Å². The lowest BCUT2D eigenvalue weighted by molar-refractivity contribution is 0.145. The second kappa shape index (κ2) is 9.61. The number of allylic oxidation sites excluding steroid dienone is 2. The maximum atomic E-state index is 6.43. The lowest BCUT2D eigenvalue weighted by Gasteiger charge is -2.29. The van der Waals surface area contributed by atoms with Crippen molar-refractivity contribution in [3.05, 3.63) is 35.9 Å². The second-order valence-electron chi connectivity index (χ2n) is 7.97. The van der Waals surface area contributed by atoms with E-state index in [2.05, 4.69) is 47.6 Å². The zero-order valence-corrected chi connectivity index (χ0v) is 18.2. The van der Waals surface area contributed by atoms with Crippen LogP contribution in [-0.2, 0) is 0 Å². The Hall–Kier alpha value is -2.08. The molecule has 1 aromatic carbocycles. The molecule has 2 heterocycles. The summed E-state index contributed by atoms with van der Waals surface area (Å²) in [5.74, 6) is 2.04. The molecule has 0 bridgehead atoms. The fourth-order valence-electron chi connectivity index (χ4n) is 3.90. The van der Waals surface area contributed by atoms with Crippen molar-refractivity contribution in [1.29, 1.82) is 0 Å². The van der Waals surface area contributed by atoms with Gasteiger partial charge in [-0.05, 0) is 38.7 Å². The number of rotatable bonds is 7. The molecule has 0 radical (unpaired) electrons. The summed E-state index contributed by atoms with van der Waals surface area (Å²) >= 11 is 1.67. The van der Waals surface area contributed by atoms with Crippen LogP contribution >= 0.6 is 11.8 Å². The van der Waals surface area contributed by atoms with E-state index in [1.54, 1.807) is 11.8 Å². The first-order chi connectivity index (χ1) is 14.2. The highest BCUT2D eigenvalue weighted by molar-refractivity contribution is 7.99. The fourth-order valence-corrected chi connectivity index (χ4v) is 4.67. The number of fused-ring (bicyclic) bond motifs is 3. The topological polar surface area (TPSA) is 59.9 Å². The van der Waals surface area contributed by atoms with Crippen LogP contribution in [0.15, 0.2) is 41.1 Å². The molecule has 0 unspecified atom stereocenters. The van der Waals surface area contributed by atoms with E-state index in [0.717, 1.165) is 42.0 Å². The monoisotopic (exact) mass is 410 g/mol. The fraction of sp³-hybridized carbons (Fsp3) is 0.522. The van der Waals surface area contributed by atoms with Crippen LogP contribution in [-0.4, -0.2) is 27.2 Å². The molecule has 1 aliphatic heterocycles. The molecule has 1 aromatic heterocycles. The summed E-state index contributed by atoms with van der Waals surface area (Å²) in [5, 5.41) is 13.2. The van der Waals surface area contributed by atoms with Crippen molar-refractivity contribution >= 4 is 17.4 Å². The first kappa shape index (κ1) is 20.2. The summed E-state index contributed by atoms with van der Waals surface area (Å²) in [6, 6.07) is 8.21. The van der Waals surface area contributed by atoms with Gasteiger partial charge in [0.15, 0.2) is 11.9 Å². The molecule has 0 spiro atoms. The molecule has 6 heteroatoms. The number of hydrogen-bond donors (Lipinski definition) is 1. The third kappa shape index (κ3) is 4.92. The summed E-state index contributed by atoms with van der Waals surface area (Å²) in [6.45, 7) is 4.44. The molecule has 0 saturated heterocycles. The van der Waals surface area contributed by atoms with Crippen molar-refractivity contribution in [2.45, 2.75) is 70.2 Å². The van der Waals surface area contributed by atoms with Gasteiger partial charge in [0.2, 0.25) is 11.0 Å². The van der Waals surface area contributed by atoms with E-state index in [0.29, 0.717) is 17.0 Å². The van der Waals surface area contributed by atoms with Crippen LogP contribution in [0.1, 0.15) is 58.8 Å². The third-order valence-electron chi connectivity index (χ3n) is 5.69. The van der Waals surface area contributed by atoms with Crippen LogP contribution in [0.3, 0.4) is 0 Å². The lowest BCUT2D eigenvalue weighted by Crippen LogP contribution is -2.35. The third-order valence-corrected chi connectivity index (χ3v) is 6.61. The zero-order chi connectivity index (χ0) is 20.1. The summed E-state index contributed by atoms with van der Waals surface area (Å²) < 4.78 is 6.43. The Morgan fingerprint density at radius 3 is 2.90 bits per heavy atom. The van der Waals surface area contributed by atoms with E-state index < -0.39 is 0 Å². The van der Waals surface area contributed by atoms with E-state index in [1.165, 1.54) is 31.3 Å². The van der Waals surface area contributed by atoms with Crippen LogP contribution in [0.4, 0.5) is 5.69 Å². The highest BCUT2D eigenvalue weighted by atomic mass is 32.2. The van der Waals surface area contributed by atoms with Crippen LogP contribution < -0.4 is 10.1 Å². The SMILES string of the molecule is CCCCCCSc1nnc2c(n1)O[C@@H]([C@H]1CC=C(C)CC1)Nc1ccccc1-2. The quantitative estimate of drug-likeness (QED) is 0.339. The number of nitrogens with one attached hydrogen (secondary N) is 1. The first-order valence-electron chi connectivity index (χ1n) is 10.8. The molecular weight excluding hydrogens is 380 g/mol. The van der Waals surface area contributed by atoms with Crippen molar-refractivity contribution in [2.75, 3.05) is 11.1 Å². The van der Waals surface area contributed by atoms with Gasteiger partial charge in [0.25, 0.3) is 0 Å². The van der Waals surface area contributed by atoms with Gasteiger partial charge in [-0.3, -0.25) is 0 Å². The van der Waals surface area contributed by atoms with Crippen LogP contribution in [0.25, 0.3) is 11.3 Å². The van der Waals surface area contributed by atoms with Crippen molar-refractivity contribution in [1.82, 2.24) is 15.2 Å². The molecular formula is C23H30N4OS. The molecule has 2 atom stereocenters. The Kier molecular flexibility index (Phi) is 6.70. The summed E-state index contributed by atoms with van der Waals surface area (Å²) in [6.07, 6.45) is 10.5. The van der Waals surface area contributed by atoms with Crippen LogP contribution in [0, 0.1) is 5.92 Å². The number of nitrogens with zero attached hydrogens (tertiary/aromatic N) is 3. The van der Waals surface area contributed by atoms with Gasteiger partial charge in [0, 0.05) is 22.9 Å². The molecule has 0 saturated carbocycles. The van der Waals surface area contributed by atoms with Crippen LogP contribution in [0.2, 0.25) is 0 Å². The molecule has 154 valence electrons. The van der Waals surface area contributed by atoms with Crippen molar-refractivity contribution in [3.8, 4) is 17.1 Å². The molecule has 0 fully saturated rings. The maximum Gasteiger partial charge on any atom is 0.247 e. The van der Waals surface area contributed by atoms with Gasteiger partial charge in [-0.1, -0.05) is 67.8 Å². The second-order valence-corrected chi connectivity index (χ2v) is 9.03. The Morgan fingerprint density at radius 2 is 2.07 bits per heavy atom. The van der Waals surface area contributed by atoms with Crippen LogP contribution in [0.5, 0.6) is 5.88 Å². The van der Waals surface area contributed by atoms with E-state index >= 15 is 0 Å². The van der Waals surface area contributed by atoms with Crippen molar-refractivity contribution < 1.29 is 4.74 Å². The summed E-state index contributed by atoms with van der Waals surface area (Å²) in [7, 11) is 0. The number of ether oxygens (including phenoxy) is 1. The number of anilines is 1. The minimum atomic E-state index is -0.110. The average Bonchev–Trinajstić information content (AvgIpc) is 2.90. The molecule has 2 aromatic rings. The van der Waals surface area contributed by atoms with Crippen molar-refractivity contribution in [2.24, 2.45) is 5.92 Å². The number of hydrogen-bond acceptors (Lipinski definition) is 6. The molecule has 1 N–H and O–H groups in total. The predicted octanol–water partition coefficient (Wildman–Crippen LogP) is 6.09. The van der Waals surface area contributed by atoms with Gasteiger partial charge >= 0.3 is 0 Å². The van der Waals surface area contributed by atoms with E-state index in [-0.39, 0.29) is 6.23 Å². The molecule has 5 nitrogen and oxygen atoms in total. The molecule has 0 amide bonds. The standard InChI is InChI=1S/C23H30N4OS/c1-3-4-5-8-15-29-23-25-22-20(26-27-23)18-9-6-7-10-19(18)24-21(28-22)17-13-11-16(2)12-14-17/h6-7,9-11,17,21,24H,3-5,8,12-15H2,1-2H3/t17-,21-/m0/s1. The highest BCUT2D eigenvalue weighted by Crippen LogP contribution is 2.39. The molecule has 1 aliphatic carbocycles. The van der Waals surface area contributed by atoms with Gasteiger partial charge in [-0.2, -0.15) is 4.98 Å². The smallest absolute Gasteiger partial charge is 0.247 e. The average molecular weight is 411 g/mol. The molecule has 29 heavy (non-hydrogen) atoms. The Bertz CT molecular complexity index is 870. The highest BCUT2D eigenvalue weighted by Gasteiger charge is 2.31. The van der Waals surface area contributed by atoms with Gasteiger partial charge in [-0.25, -0.2) is 0 Å². The predicted molar refractivity (Wildman–Crippen MR) is 119 cm³/mol. The number of aromatic nitrogens is 3. The minimum absolute atomic E-state index is 0.110. The largest absolute Gasteiger partial charge is 0.452 e. The van der Waals surface area contributed by atoms with Gasteiger partial charge in [-0.15, -0.1) is 10.2 Å². The van der Waals surface area contributed by atoms with E-state index in [4.69, 9.17) is 9.72 Å². The number of benzene rings is 1. The zero-order valence-electron chi connectivity index (χ0n) is 17.4. The Labute approximate surface area is 177 Å². The Balaban J connectivity index is 1.57. The maximum absolute atomic E-state index is 6.43. The molecule has 2 aliphatic rings. The van der Waals surface area contributed by atoms with Gasteiger partial charge in [0.1, 0.15) is 0 Å². The van der Waals surface area contributed by atoms with E-state index in [1.807, 2.05) is 12.1 Å². The minimum Gasteiger partial charge on any atom is -0.452 e. The number of para-hydroxylation sites is 1. The van der Waals surface area contributed by atoms with Crippen molar-refractivity contribution in [3.63, 3.8) is 0 Å². The lowest BCUT2D eigenvalue weighted by atomic mass is 9.89. The summed E-state index contributed by atoms with van der Waals surface area (Å²) in [5.41, 5.74) is 4.25. The number of thioether (sulfide) groups is 1. The first-order valence-corrected chi connectivity index (χ1v) is 11.8. The van der Waals surface area contributed by atoms with Gasteiger partial charge < -0.3 is 10.1 Å². The summed E-state index contributed by atoms with van der Waals surface area (Å²) in [4.78, 5) is 4.76. The normalized spacial score (nSPS) is 20.6.